The first-order valence-corrected chi connectivity index (χ1v) is 10.4. The molecule has 0 atom stereocenters. The molecule has 168 valence electrons. The second-order valence-electron chi connectivity index (χ2n) is 6.96. The molecule has 3 rings (SSSR count). The molecule has 2 heterocycles. The number of pyridine rings is 1. The molecule has 0 saturated heterocycles. The highest BCUT2D eigenvalue weighted by molar-refractivity contribution is 5.92. The number of carbonyl (C=O) groups is 2. The van der Waals surface area contributed by atoms with E-state index < -0.39 is 12.2 Å². The van der Waals surface area contributed by atoms with Gasteiger partial charge in [0.05, 0.1) is 23.5 Å². The lowest BCUT2D eigenvalue weighted by molar-refractivity contribution is 0.168. The van der Waals surface area contributed by atoms with Crippen molar-refractivity contribution in [2.45, 2.75) is 33.6 Å². The largest absolute Gasteiger partial charge is 0.450 e. The van der Waals surface area contributed by atoms with Gasteiger partial charge in [-0.25, -0.2) is 24.5 Å². The number of amides is 2. The fourth-order valence-electron chi connectivity index (χ4n) is 2.97. The number of rotatable bonds is 7. The maximum absolute atomic E-state index is 11.8. The van der Waals surface area contributed by atoms with E-state index in [0.29, 0.717) is 34.7 Å². The number of benzene rings is 1. The molecular weight excluding hydrogens is 412 g/mol. The van der Waals surface area contributed by atoms with Crippen LogP contribution in [0.15, 0.2) is 30.3 Å². The lowest BCUT2D eigenvalue weighted by atomic mass is 10.1. The van der Waals surface area contributed by atoms with Crippen molar-refractivity contribution in [2.75, 3.05) is 24.2 Å². The Bertz CT molecular complexity index is 1120. The topological polar surface area (TPSA) is 141 Å². The molecule has 0 aliphatic heterocycles. The fraction of sp³-hybridized carbons (Fsp3) is 0.318. The maximum Gasteiger partial charge on any atom is 0.412 e. The van der Waals surface area contributed by atoms with E-state index in [4.69, 9.17) is 15.2 Å². The molecule has 10 heteroatoms. The quantitative estimate of drug-likeness (QED) is 0.469. The zero-order chi connectivity index (χ0) is 23.1. The molecule has 0 aliphatic carbocycles. The lowest BCUT2D eigenvalue weighted by Crippen LogP contribution is -2.27. The monoisotopic (exact) mass is 438 g/mol. The van der Waals surface area contributed by atoms with Crippen LogP contribution in [0, 0.1) is 6.92 Å². The SMILES string of the molecule is CCCCNC(=O)Oc1ccc(-c2nc3c(N)nc(NC(=O)OCC)cc3nc2C)cc1. The fourth-order valence-corrected chi connectivity index (χ4v) is 2.97. The first-order chi connectivity index (χ1) is 15.4. The molecule has 0 bridgehead atoms. The average Bonchev–Trinajstić information content (AvgIpc) is 2.74. The van der Waals surface area contributed by atoms with E-state index in [9.17, 15) is 9.59 Å². The smallest absolute Gasteiger partial charge is 0.412 e. The van der Waals surface area contributed by atoms with Crippen LogP contribution in [0.4, 0.5) is 21.2 Å². The normalized spacial score (nSPS) is 10.6. The number of hydrogen-bond donors (Lipinski definition) is 3. The molecular formula is C22H26N6O4. The number of ether oxygens (including phenoxy) is 2. The zero-order valence-electron chi connectivity index (χ0n) is 18.3. The summed E-state index contributed by atoms with van der Waals surface area (Å²) in [6.45, 7) is 6.39. The summed E-state index contributed by atoms with van der Waals surface area (Å²) >= 11 is 0. The van der Waals surface area contributed by atoms with Gasteiger partial charge >= 0.3 is 12.2 Å². The van der Waals surface area contributed by atoms with E-state index in [1.165, 1.54) is 0 Å². The van der Waals surface area contributed by atoms with Gasteiger partial charge < -0.3 is 20.5 Å². The van der Waals surface area contributed by atoms with Gasteiger partial charge in [-0.05, 0) is 44.5 Å². The van der Waals surface area contributed by atoms with Crippen molar-refractivity contribution in [2.24, 2.45) is 0 Å². The summed E-state index contributed by atoms with van der Waals surface area (Å²) in [6.07, 6.45) is 0.775. The Morgan fingerprint density at radius 3 is 2.50 bits per heavy atom. The number of unbranched alkanes of at least 4 members (excludes halogenated alkanes) is 1. The minimum atomic E-state index is -0.624. The number of nitrogens with zero attached hydrogens (tertiary/aromatic N) is 3. The third-order valence-corrected chi connectivity index (χ3v) is 4.50. The molecule has 1 aromatic carbocycles. The Morgan fingerprint density at radius 2 is 1.81 bits per heavy atom. The number of hydrogen-bond acceptors (Lipinski definition) is 8. The van der Waals surface area contributed by atoms with Crippen molar-refractivity contribution in [3.63, 3.8) is 0 Å². The standard InChI is InChI=1S/C22H26N6O4/c1-4-6-11-24-21(29)32-15-9-7-14(8-10-15)18-13(3)25-16-12-17(27-22(30)31-5-2)26-20(23)19(16)28-18/h7-10,12H,4-6,11H2,1-3H3,(H,24,29)(H3,23,26,27,30). The third kappa shape index (κ3) is 5.60. The van der Waals surface area contributed by atoms with Gasteiger partial charge in [0.2, 0.25) is 0 Å². The predicted octanol–water partition coefficient (Wildman–Crippen LogP) is 4.04. The molecule has 0 saturated carbocycles. The molecule has 3 aromatic rings. The summed E-state index contributed by atoms with van der Waals surface area (Å²) in [4.78, 5) is 36.8. The van der Waals surface area contributed by atoms with Gasteiger partial charge in [-0.2, -0.15) is 0 Å². The van der Waals surface area contributed by atoms with Gasteiger partial charge in [0, 0.05) is 18.2 Å². The van der Waals surface area contributed by atoms with Gasteiger partial charge in [0.15, 0.2) is 5.82 Å². The zero-order valence-corrected chi connectivity index (χ0v) is 18.3. The predicted molar refractivity (Wildman–Crippen MR) is 121 cm³/mol. The van der Waals surface area contributed by atoms with Crippen LogP contribution in [-0.4, -0.2) is 40.3 Å². The second-order valence-corrected chi connectivity index (χ2v) is 6.96. The first kappa shape index (κ1) is 22.7. The summed E-state index contributed by atoms with van der Waals surface area (Å²) in [5, 5.41) is 5.21. The van der Waals surface area contributed by atoms with Crippen LogP contribution in [0.5, 0.6) is 5.75 Å². The van der Waals surface area contributed by atoms with Crippen molar-refractivity contribution in [1.82, 2.24) is 20.3 Å². The highest BCUT2D eigenvalue weighted by Gasteiger charge is 2.14. The molecule has 0 unspecified atom stereocenters. The van der Waals surface area contributed by atoms with Crippen LogP contribution in [-0.2, 0) is 4.74 Å². The Kier molecular flexibility index (Phi) is 7.37. The van der Waals surface area contributed by atoms with Crippen LogP contribution in [0.2, 0.25) is 0 Å². The van der Waals surface area contributed by atoms with E-state index in [1.54, 1.807) is 37.3 Å². The number of aromatic nitrogens is 3. The molecule has 0 aliphatic rings. The van der Waals surface area contributed by atoms with E-state index in [0.717, 1.165) is 18.4 Å². The Hall–Kier alpha value is -3.95. The number of carbonyl (C=O) groups excluding carboxylic acids is 2. The van der Waals surface area contributed by atoms with Crippen molar-refractivity contribution in [1.29, 1.82) is 0 Å². The van der Waals surface area contributed by atoms with Gasteiger partial charge in [0.1, 0.15) is 17.1 Å². The van der Waals surface area contributed by atoms with Crippen molar-refractivity contribution in [3.05, 3.63) is 36.0 Å². The summed E-state index contributed by atoms with van der Waals surface area (Å²) in [7, 11) is 0. The van der Waals surface area contributed by atoms with Gasteiger partial charge in [0.25, 0.3) is 0 Å². The van der Waals surface area contributed by atoms with Crippen LogP contribution in [0.3, 0.4) is 0 Å². The van der Waals surface area contributed by atoms with E-state index in [1.807, 2.05) is 13.8 Å². The van der Waals surface area contributed by atoms with Crippen LogP contribution in [0.25, 0.3) is 22.3 Å². The Balaban J connectivity index is 1.81. The Morgan fingerprint density at radius 1 is 1.06 bits per heavy atom. The van der Waals surface area contributed by atoms with Crippen molar-refractivity contribution < 1.29 is 19.1 Å². The third-order valence-electron chi connectivity index (χ3n) is 4.50. The van der Waals surface area contributed by atoms with Gasteiger partial charge in [-0.1, -0.05) is 13.3 Å². The van der Waals surface area contributed by atoms with E-state index in [2.05, 4.69) is 25.6 Å². The minimum absolute atomic E-state index is 0.131. The Labute approximate surface area is 185 Å². The number of nitrogen functional groups attached to an aromatic ring is 1. The summed E-state index contributed by atoms with van der Waals surface area (Å²) < 4.78 is 10.1. The van der Waals surface area contributed by atoms with Gasteiger partial charge in [-0.3, -0.25) is 5.32 Å². The highest BCUT2D eigenvalue weighted by atomic mass is 16.6. The number of nitrogens with two attached hydrogens (primary N) is 1. The molecule has 0 fully saturated rings. The highest BCUT2D eigenvalue weighted by Crippen LogP contribution is 2.27. The number of fused-ring (bicyclic) bond motifs is 1. The van der Waals surface area contributed by atoms with Crippen LogP contribution in [0.1, 0.15) is 32.4 Å². The number of aryl methyl sites for hydroxylation is 1. The van der Waals surface area contributed by atoms with Crippen molar-refractivity contribution in [3.8, 4) is 17.0 Å². The number of anilines is 2. The minimum Gasteiger partial charge on any atom is -0.450 e. The molecule has 2 aromatic heterocycles. The summed E-state index contributed by atoms with van der Waals surface area (Å²) in [6, 6.07) is 8.54. The second kappa shape index (κ2) is 10.4. The van der Waals surface area contributed by atoms with Crippen LogP contribution >= 0.6 is 0 Å². The molecule has 2 amide bonds. The molecule has 32 heavy (non-hydrogen) atoms. The van der Waals surface area contributed by atoms with Crippen molar-refractivity contribution >= 4 is 34.9 Å². The van der Waals surface area contributed by atoms with Crippen LogP contribution < -0.4 is 21.1 Å². The maximum atomic E-state index is 11.8. The lowest BCUT2D eigenvalue weighted by Gasteiger charge is -2.11. The molecule has 10 nitrogen and oxygen atoms in total. The van der Waals surface area contributed by atoms with E-state index >= 15 is 0 Å². The molecule has 4 N–H and O–H groups in total. The van der Waals surface area contributed by atoms with Gasteiger partial charge in [-0.15, -0.1) is 0 Å². The number of nitrogens with one attached hydrogen (secondary N) is 2. The van der Waals surface area contributed by atoms with E-state index in [-0.39, 0.29) is 18.2 Å². The first-order valence-electron chi connectivity index (χ1n) is 10.4. The summed E-state index contributed by atoms with van der Waals surface area (Å²) in [5.74, 6) is 0.783. The summed E-state index contributed by atoms with van der Waals surface area (Å²) in [5.41, 5.74) is 9.04. The average molecular weight is 438 g/mol. The molecule has 0 radical (unpaired) electrons. The molecule has 0 spiro atoms.